The van der Waals surface area contributed by atoms with Gasteiger partial charge in [-0.1, -0.05) is 109 Å². The molecule has 12 rings (SSSR count). The highest BCUT2D eigenvalue weighted by Gasteiger charge is 2.20. The lowest BCUT2D eigenvalue weighted by atomic mass is 10.0. The lowest BCUT2D eigenvalue weighted by Crippen LogP contribution is -2.10. The molecule has 10 aromatic carbocycles. The first-order valence-corrected chi connectivity index (χ1v) is 22.0. The maximum atomic E-state index is 14.1. The standard InChI is InChI=1S/C60H40F2N4/c61-43-23-31-49(32-24-43)65-57-17-9-7-15-53(57)55-37-35-51(39-59(55)65)63(45-11-3-1-4-12-45)47-27-19-41(20-28-47)42-21-29-48(30-22-42)64(46-13-5-2-6-14-46)52-36-38-56-54-16-8-10-18-58(54)66(60(56)40-52)50-33-25-44(62)26-34-50/h1-40H. The fraction of sp³-hybridized carbons (Fsp3) is 0. The number of para-hydroxylation sites is 4. The predicted molar refractivity (Wildman–Crippen MR) is 270 cm³/mol. The van der Waals surface area contributed by atoms with E-state index in [0.717, 1.165) is 100 Å². The monoisotopic (exact) mass is 854 g/mol. The van der Waals surface area contributed by atoms with E-state index in [-0.39, 0.29) is 11.6 Å². The zero-order valence-electron chi connectivity index (χ0n) is 35.6. The minimum absolute atomic E-state index is 0.261. The fourth-order valence-corrected chi connectivity index (χ4v) is 9.59. The van der Waals surface area contributed by atoms with Crippen molar-refractivity contribution in [3.8, 4) is 22.5 Å². The Bertz CT molecular complexity index is 3440. The maximum absolute atomic E-state index is 14.1. The second-order valence-corrected chi connectivity index (χ2v) is 16.5. The minimum Gasteiger partial charge on any atom is -0.310 e. The molecule has 0 saturated heterocycles. The number of benzene rings is 10. The third-order valence-corrected chi connectivity index (χ3v) is 12.6. The van der Waals surface area contributed by atoms with Gasteiger partial charge in [0.1, 0.15) is 11.6 Å². The smallest absolute Gasteiger partial charge is 0.123 e. The van der Waals surface area contributed by atoms with Gasteiger partial charge >= 0.3 is 0 Å². The summed E-state index contributed by atoms with van der Waals surface area (Å²) >= 11 is 0. The highest BCUT2D eigenvalue weighted by molar-refractivity contribution is 6.11. The number of anilines is 6. The number of fused-ring (bicyclic) bond motifs is 6. The summed E-state index contributed by atoms with van der Waals surface area (Å²) in [6, 6.07) is 81.7. The van der Waals surface area contributed by atoms with E-state index < -0.39 is 0 Å². The normalized spacial score (nSPS) is 11.5. The molecule has 6 heteroatoms. The van der Waals surface area contributed by atoms with Crippen LogP contribution in [0.2, 0.25) is 0 Å². The van der Waals surface area contributed by atoms with Crippen molar-refractivity contribution in [3.63, 3.8) is 0 Å². The second-order valence-electron chi connectivity index (χ2n) is 16.5. The molecular weight excluding hydrogens is 815 g/mol. The van der Waals surface area contributed by atoms with Crippen molar-refractivity contribution < 1.29 is 8.78 Å². The summed E-state index contributed by atoms with van der Waals surface area (Å²) in [7, 11) is 0. The van der Waals surface area contributed by atoms with Crippen molar-refractivity contribution in [2.75, 3.05) is 9.80 Å². The van der Waals surface area contributed by atoms with E-state index in [2.05, 4.69) is 189 Å². The Morgan fingerprint density at radius 1 is 0.258 bits per heavy atom. The fourth-order valence-electron chi connectivity index (χ4n) is 9.59. The second kappa shape index (κ2) is 16.1. The molecule has 0 fully saturated rings. The molecule has 4 nitrogen and oxygen atoms in total. The average molecular weight is 855 g/mol. The first-order chi connectivity index (χ1) is 32.6. The van der Waals surface area contributed by atoms with Crippen LogP contribution in [0, 0.1) is 11.6 Å². The van der Waals surface area contributed by atoms with E-state index in [9.17, 15) is 8.78 Å². The Kier molecular flexibility index (Phi) is 9.50. The molecule has 0 aliphatic carbocycles. The first-order valence-electron chi connectivity index (χ1n) is 22.0. The predicted octanol–water partition coefficient (Wildman–Crippen LogP) is 16.8. The summed E-state index contributed by atoms with van der Waals surface area (Å²) in [5, 5.41) is 4.54. The van der Waals surface area contributed by atoms with Crippen LogP contribution in [0.3, 0.4) is 0 Å². The van der Waals surface area contributed by atoms with E-state index in [1.807, 2.05) is 48.5 Å². The summed E-state index contributed by atoms with van der Waals surface area (Å²) in [5.74, 6) is -0.523. The van der Waals surface area contributed by atoms with Gasteiger partial charge in [0, 0.05) is 67.0 Å². The van der Waals surface area contributed by atoms with Gasteiger partial charge in [0.15, 0.2) is 0 Å². The number of hydrogen-bond acceptors (Lipinski definition) is 2. The van der Waals surface area contributed by atoms with Gasteiger partial charge in [-0.05, 0) is 145 Å². The van der Waals surface area contributed by atoms with Crippen LogP contribution in [0.25, 0.3) is 66.1 Å². The topological polar surface area (TPSA) is 16.3 Å². The first kappa shape index (κ1) is 38.9. The van der Waals surface area contributed by atoms with Gasteiger partial charge < -0.3 is 18.9 Å². The molecule has 0 N–H and O–H groups in total. The minimum atomic E-state index is -0.261. The van der Waals surface area contributed by atoms with Crippen molar-refractivity contribution >= 4 is 77.7 Å². The van der Waals surface area contributed by atoms with Crippen LogP contribution < -0.4 is 9.80 Å². The Hall–Kier alpha value is -8.74. The van der Waals surface area contributed by atoms with Crippen LogP contribution >= 0.6 is 0 Å². The third kappa shape index (κ3) is 6.75. The molecule has 66 heavy (non-hydrogen) atoms. The van der Waals surface area contributed by atoms with Crippen LogP contribution in [0.4, 0.5) is 42.9 Å². The molecular formula is C60H40F2N4. The van der Waals surface area contributed by atoms with Gasteiger partial charge in [-0.3, -0.25) is 0 Å². The average Bonchev–Trinajstić information content (AvgIpc) is 3.88. The molecule has 0 radical (unpaired) electrons. The van der Waals surface area contributed by atoms with E-state index in [0.29, 0.717) is 0 Å². The lowest BCUT2D eigenvalue weighted by molar-refractivity contribution is 0.627. The molecule has 0 unspecified atom stereocenters. The van der Waals surface area contributed by atoms with E-state index in [1.54, 1.807) is 0 Å². The van der Waals surface area contributed by atoms with Gasteiger partial charge in [-0.15, -0.1) is 0 Å². The van der Waals surface area contributed by atoms with Crippen molar-refractivity contribution in [3.05, 3.63) is 254 Å². The number of hydrogen-bond donors (Lipinski definition) is 0. The Labute approximate surface area is 380 Å². The third-order valence-electron chi connectivity index (χ3n) is 12.6. The molecule has 314 valence electrons. The summed E-state index contributed by atoms with van der Waals surface area (Å²) in [6.07, 6.45) is 0. The van der Waals surface area contributed by atoms with Crippen LogP contribution in [0.5, 0.6) is 0 Å². The summed E-state index contributed by atoms with van der Waals surface area (Å²) in [5.41, 5.74) is 14.4. The molecule has 12 aromatic rings. The summed E-state index contributed by atoms with van der Waals surface area (Å²) in [6.45, 7) is 0. The number of nitrogens with zero attached hydrogens (tertiary/aromatic N) is 4. The number of aromatic nitrogens is 2. The molecule has 0 atom stereocenters. The van der Waals surface area contributed by atoms with Crippen LogP contribution in [-0.4, -0.2) is 9.13 Å². The molecule has 0 aliphatic rings. The van der Waals surface area contributed by atoms with Crippen LogP contribution in [0.1, 0.15) is 0 Å². The highest BCUT2D eigenvalue weighted by Crippen LogP contribution is 2.42. The molecule has 0 aliphatic heterocycles. The Morgan fingerprint density at radius 3 is 0.970 bits per heavy atom. The van der Waals surface area contributed by atoms with E-state index in [1.165, 1.54) is 24.3 Å². The number of rotatable bonds is 9. The molecule has 2 aromatic heterocycles. The Morgan fingerprint density at radius 2 is 0.576 bits per heavy atom. The summed E-state index contributed by atoms with van der Waals surface area (Å²) < 4.78 is 32.7. The largest absolute Gasteiger partial charge is 0.310 e. The van der Waals surface area contributed by atoms with Gasteiger partial charge in [-0.25, -0.2) is 8.78 Å². The van der Waals surface area contributed by atoms with Crippen LogP contribution in [-0.2, 0) is 0 Å². The van der Waals surface area contributed by atoms with E-state index in [4.69, 9.17) is 0 Å². The Balaban J connectivity index is 0.912. The zero-order valence-corrected chi connectivity index (χ0v) is 35.6. The molecule has 0 spiro atoms. The van der Waals surface area contributed by atoms with Crippen molar-refractivity contribution in [2.24, 2.45) is 0 Å². The molecule has 0 saturated carbocycles. The van der Waals surface area contributed by atoms with Crippen LogP contribution in [0.15, 0.2) is 243 Å². The number of halogens is 2. The summed E-state index contributed by atoms with van der Waals surface area (Å²) in [4.78, 5) is 4.56. The van der Waals surface area contributed by atoms with Crippen molar-refractivity contribution in [1.29, 1.82) is 0 Å². The van der Waals surface area contributed by atoms with Gasteiger partial charge in [-0.2, -0.15) is 0 Å². The highest BCUT2D eigenvalue weighted by atomic mass is 19.1. The lowest BCUT2D eigenvalue weighted by Gasteiger charge is -2.26. The SMILES string of the molecule is Fc1ccc(-n2c3ccccc3c3ccc(N(c4ccccc4)c4ccc(-c5ccc(N(c6ccccc6)c6ccc7c8ccccc8n(-c8ccc(F)cc8)c7c6)cc5)cc4)cc32)cc1. The van der Waals surface area contributed by atoms with Gasteiger partial charge in [0.25, 0.3) is 0 Å². The van der Waals surface area contributed by atoms with Gasteiger partial charge in [0.05, 0.1) is 22.1 Å². The molecule has 0 bridgehead atoms. The quantitative estimate of drug-likeness (QED) is 0.144. The molecule has 0 amide bonds. The van der Waals surface area contributed by atoms with Gasteiger partial charge in [0.2, 0.25) is 0 Å². The van der Waals surface area contributed by atoms with Crippen molar-refractivity contribution in [1.82, 2.24) is 9.13 Å². The van der Waals surface area contributed by atoms with Crippen molar-refractivity contribution in [2.45, 2.75) is 0 Å². The van der Waals surface area contributed by atoms with E-state index >= 15 is 0 Å². The zero-order chi connectivity index (χ0) is 44.1. The molecule has 2 heterocycles. The maximum Gasteiger partial charge on any atom is 0.123 e.